The Kier molecular flexibility index (Phi) is 5.09. The van der Waals surface area contributed by atoms with Gasteiger partial charge in [-0.3, -0.25) is 9.69 Å². The molecular formula is C9H17N3O. The molecule has 0 bridgehead atoms. The normalized spacial score (nSPS) is 12.9. The van der Waals surface area contributed by atoms with Crippen molar-refractivity contribution in [1.29, 1.82) is 5.26 Å². The van der Waals surface area contributed by atoms with Crippen molar-refractivity contribution in [2.45, 2.75) is 26.8 Å². The van der Waals surface area contributed by atoms with Crippen molar-refractivity contribution < 1.29 is 4.79 Å². The van der Waals surface area contributed by atoms with Crippen molar-refractivity contribution in [2.24, 2.45) is 11.7 Å². The van der Waals surface area contributed by atoms with Gasteiger partial charge in [-0.05, 0) is 20.8 Å². The Balaban J connectivity index is 4.11. The highest BCUT2D eigenvalue weighted by molar-refractivity contribution is 5.75. The van der Waals surface area contributed by atoms with Gasteiger partial charge in [0.1, 0.15) is 0 Å². The zero-order valence-electron chi connectivity index (χ0n) is 8.45. The molecular weight excluding hydrogens is 166 g/mol. The SMILES string of the molecule is CC(C#N)CN(CC(N)=O)C(C)C. The predicted octanol–water partition coefficient (Wildman–Crippen LogP) is 0.342. The Bertz CT molecular complexity index is 207. The molecule has 0 aromatic heterocycles. The third-order valence-corrected chi connectivity index (χ3v) is 1.82. The van der Waals surface area contributed by atoms with E-state index in [4.69, 9.17) is 11.0 Å². The molecule has 0 saturated heterocycles. The minimum Gasteiger partial charge on any atom is -0.369 e. The van der Waals surface area contributed by atoms with Crippen LogP contribution in [-0.4, -0.2) is 29.9 Å². The number of carbonyl (C=O) groups excluding carboxylic acids is 1. The van der Waals surface area contributed by atoms with Crippen LogP contribution in [0.4, 0.5) is 0 Å². The van der Waals surface area contributed by atoms with Crippen LogP contribution in [0.15, 0.2) is 0 Å². The van der Waals surface area contributed by atoms with E-state index in [1.807, 2.05) is 25.7 Å². The van der Waals surface area contributed by atoms with Crippen LogP contribution in [0.25, 0.3) is 0 Å². The number of hydrogen-bond acceptors (Lipinski definition) is 3. The third kappa shape index (κ3) is 5.21. The van der Waals surface area contributed by atoms with E-state index in [0.29, 0.717) is 6.54 Å². The van der Waals surface area contributed by atoms with Gasteiger partial charge in [-0.15, -0.1) is 0 Å². The first kappa shape index (κ1) is 11.9. The lowest BCUT2D eigenvalue weighted by molar-refractivity contribution is -0.119. The van der Waals surface area contributed by atoms with Gasteiger partial charge in [0.05, 0.1) is 18.5 Å². The van der Waals surface area contributed by atoms with Crippen LogP contribution in [0.5, 0.6) is 0 Å². The van der Waals surface area contributed by atoms with Gasteiger partial charge >= 0.3 is 0 Å². The van der Waals surface area contributed by atoms with Gasteiger partial charge in [0.2, 0.25) is 5.91 Å². The number of nitrogens with two attached hydrogens (primary N) is 1. The lowest BCUT2D eigenvalue weighted by atomic mass is 10.1. The van der Waals surface area contributed by atoms with Gasteiger partial charge in [-0.25, -0.2) is 0 Å². The Morgan fingerprint density at radius 3 is 2.38 bits per heavy atom. The van der Waals surface area contributed by atoms with Crippen LogP contribution in [0.2, 0.25) is 0 Å². The summed E-state index contributed by atoms with van der Waals surface area (Å²) < 4.78 is 0. The number of carbonyl (C=O) groups is 1. The Morgan fingerprint density at radius 2 is 2.08 bits per heavy atom. The largest absolute Gasteiger partial charge is 0.369 e. The number of primary amides is 1. The molecule has 0 radical (unpaired) electrons. The molecule has 1 amide bonds. The summed E-state index contributed by atoms with van der Waals surface area (Å²) in [6, 6.07) is 2.37. The van der Waals surface area contributed by atoms with Crippen molar-refractivity contribution in [3.05, 3.63) is 0 Å². The first-order valence-corrected chi connectivity index (χ1v) is 4.39. The molecule has 0 aliphatic carbocycles. The van der Waals surface area contributed by atoms with Crippen LogP contribution in [0, 0.1) is 17.2 Å². The lowest BCUT2D eigenvalue weighted by Gasteiger charge is -2.25. The quantitative estimate of drug-likeness (QED) is 0.668. The summed E-state index contributed by atoms with van der Waals surface area (Å²) in [6.07, 6.45) is 0. The van der Waals surface area contributed by atoms with E-state index in [9.17, 15) is 4.79 Å². The van der Waals surface area contributed by atoms with E-state index >= 15 is 0 Å². The van der Waals surface area contributed by atoms with Gasteiger partial charge < -0.3 is 5.73 Å². The Morgan fingerprint density at radius 1 is 1.54 bits per heavy atom. The molecule has 1 unspecified atom stereocenters. The van der Waals surface area contributed by atoms with Gasteiger partial charge in [0.15, 0.2) is 0 Å². The molecule has 4 nitrogen and oxygen atoms in total. The van der Waals surface area contributed by atoms with E-state index in [1.165, 1.54) is 0 Å². The third-order valence-electron chi connectivity index (χ3n) is 1.82. The zero-order chi connectivity index (χ0) is 10.4. The molecule has 74 valence electrons. The fourth-order valence-electron chi connectivity index (χ4n) is 1.05. The molecule has 13 heavy (non-hydrogen) atoms. The van der Waals surface area contributed by atoms with Crippen LogP contribution >= 0.6 is 0 Å². The molecule has 4 heteroatoms. The smallest absolute Gasteiger partial charge is 0.231 e. The Labute approximate surface area is 79.3 Å². The Hall–Kier alpha value is -1.08. The molecule has 0 heterocycles. The minimum absolute atomic E-state index is 0.0678. The number of nitrogens with zero attached hydrogens (tertiary/aromatic N) is 2. The maximum Gasteiger partial charge on any atom is 0.231 e. The summed E-state index contributed by atoms with van der Waals surface area (Å²) in [4.78, 5) is 12.6. The second-order valence-corrected chi connectivity index (χ2v) is 3.52. The van der Waals surface area contributed by atoms with Crippen molar-refractivity contribution in [1.82, 2.24) is 4.90 Å². The maximum atomic E-state index is 10.7. The topological polar surface area (TPSA) is 70.1 Å². The summed E-state index contributed by atoms with van der Waals surface area (Å²) in [6.45, 7) is 6.61. The number of hydrogen-bond donors (Lipinski definition) is 1. The van der Waals surface area contributed by atoms with E-state index in [-0.39, 0.29) is 24.4 Å². The molecule has 0 aromatic carbocycles. The molecule has 1 atom stereocenters. The molecule has 0 aliphatic rings. The molecule has 0 spiro atoms. The number of rotatable bonds is 5. The molecule has 0 rings (SSSR count). The highest BCUT2D eigenvalue weighted by Gasteiger charge is 2.14. The summed E-state index contributed by atoms with van der Waals surface area (Å²) in [5, 5.41) is 8.61. The number of amides is 1. The predicted molar refractivity (Wildman–Crippen MR) is 50.7 cm³/mol. The monoisotopic (exact) mass is 183 g/mol. The molecule has 2 N–H and O–H groups in total. The van der Waals surface area contributed by atoms with E-state index < -0.39 is 0 Å². The van der Waals surface area contributed by atoms with Gasteiger partial charge in [-0.2, -0.15) is 5.26 Å². The van der Waals surface area contributed by atoms with E-state index in [1.54, 1.807) is 0 Å². The van der Waals surface area contributed by atoms with Crippen LogP contribution in [-0.2, 0) is 4.79 Å². The summed E-state index contributed by atoms with van der Waals surface area (Å²) in [5.41, 5.74) is 5.08. The number of nitriles is 1. The van der Waals surface area contributed by atoms with Crippen LogP contribution < -0.4 is 5.73 Å². The standard InChI is InChI=1S/C9H17N3O/c1-7(2)12(6-9(11)13)5-8(3)4-10/h7-8H,5-6H2,1-3H3,(H2,11,13). The fourth-order valence-corrected chi connectivity index (χ4v) is 1.05. The summed E-state index contributed by atoms with van der Waals surface area (Å²) in [5.74, 6) is -0.416. The molecule has 0 aromatic rings. The minimum atomic E-state index is -0.348. The molecule has 0 aliphatic heterocycles. The molecule has 0 saturated carbocycles. The van der Waals surface area contributed by atoms with Crippen molar-refractivity contribution in [3.8, 4) is 6.07 Å². The van der Waals surface area contributed by atoms with Gasteiger partial charge in [0, 0.05) is 12.6 Å². The average molecular weight is 183 g/mol. The highest BCUT2D eigenvalue weighted by atomic mass is 16.1. The first-order valence-electron chi connectivity index (χ1n) is 4.39. The zero-order valence-corrected chi connectivity index (χ0v) is 8.45. The lowest BCUT2D eigenvalue weighted by Crippen LogP contribution is -2.40. The average Bonchev–Trinajstić information content (AvgIpc) is 2.02. The second kappa shape index (κ2) is 5.55. The summed E-state index contributed by atoms with van der Waals surface area (Å²) >= 11 is 0. The van der Waals surface area contributed by atoms with Crippen molar-refractivity contribution >= 4 is 5.91 Å². The van der Waals surface area contributed by atoms with Crippen LogP contribution in [0.3, 0.4) is 0 Å². The van der Waals surface area contributed by atoms with Crippen molar-refractivity contribution in [2.75, 3.05) is 13.1 Å². The fraction of sp³-hybridized carbons (Fsp3) is 0.778. The van der Waals surface area contributed by atoms with E-state index in [2.05, 4.69) is 6.07 Å². The summed E-state index contributed by atoms with van der Waals surface area (Å²) in [7, 11) is 0. The van der Waals surface area contributed by atoms with Crippen molar-refractivity contribution in [3.63, 3.8) is 0 Å². The maximum absolute atomic E-state index is 10.7. The second-order valence-electron chi connectivity index (χ2n) is 3.52. The van der Waals surface area contributed by atoms with E-state index in [0.717, 1.165) is 0 Å². The molecule has 0 fully saturated rings. The van der Waals surface area contributed by atoms with Crippen LogP contribution in [0.1, 0.15) is 20.8 Å². The van der Waals surface area contributed by atoms with Gasteiger partial charge in [0.25, 0.3) is 0 Å². The van der Waals surface area contributed by atoms with Gasteiger partial charge in [-0.1, -0.05) is 0 Å². The first-order chi connectivity index (χ1) is 5.97. The highest BCUT2D eigenvalue weighted by Crippen LogP contribution is 2.02.